The highest BCUT2D eigenvalue weighted by Crippen LogP contribution is 2.39. The maximum atomic E-state index is 11.6. The van der Waals surface area contributed by atoms with E-state index >= 15 is 0 Å². The molecule has 1 aliphatic heterocycles. The Morgan fingerprint density at radius 2 is 2.10 bits per heavy atom. The van der Waals surface area contributed by atoms with Gasteiger partial charge in [-0.1, -0.05) is 25.3 Å². The van der Waals surface area contributed by atoms with E-state index in [1.54, 1.807) is 0 Å². The molecular weight excluding hydrogens is 396 g/mol. The maximum Gasteiger partial charge on any atom is 0.305 e. The first-order valence-electron chi connectivity index (χ1n) is 10.9. The van der Waals surface area contributed by atoms with E-state index in [1.807, 2.05) is 24.4 Å². The van der Waals surface area contributed by atoms with Crippen LogP contribution in [0.25, 0.3) is 0 Å². The van der Waals surface area contributed by atoms with Crippen molar-refractivity contribution in [2.75, 3.05) is 13.7 Å². The molecule has 7 heteroatoms. The second kappa shape index (κ2) is 9.60. The normalized spacial score (nSPS) is 22.2. The highest BCUT2D eigenvalue weighted by molar-refractivity contribution is 7.80. The summed E-state index contributed by atoms with van der Waals surface area (Å²) in [5, 5.41) is 4.19. The molecule has 0 bridgehead atoms. The summed E-state index contributed by atoms with van der Waals surface area (Å²) in [6.07, 6.45) is 13.9. The molecule has 3 heterocycles. The SMILES string of the molecule is COC(=O)CCCN1C(=S)N[C@H](c2ccccn2)[C@H]1c1ccn(C2CCCCC2)c1. The van der Waals surface area contributed by atoms with E-state index in [-0.39, 0.29) is 18.1 Å². The standard InChI is InChI=1S/C23H30N4O2S/c1-29-20(28)11-7-14-27-22(21(25-23(27)30)19-10-5-6-13-24-19)17-12-15-26(16-17)18-8-3-2-4-9-18/h5-6,10,12-13,15-16,18,21-22H,2-4,7-9,11,14H2,1H3,(H,25,30)/t21-,22-/m1/s1. The number of nitrogens with one attached hydrogen (secondary N) is 1. The molecule has 1 N–H and O–H groups in total. The lowest BCUT2D eigenvalue weighted by Gasteiger charge is -2.27. The van der Waals surface area contributed by atoms with Crippen molar-refractivity contribution in [3.63, 3.8) is 0 Å². The van der Waals surface area contributed by atoms with Gasteiger partial charge in [0.15, 0.2) is 5.11 Å². The van der Waals surface area contributed by atoms with Gasteiger partial charge >= 0.3 is 5.97 Å². The predicted octanol–water partition coefficient (Wildman–Crippen LogP) is 4.31. The molecule has 160 valence electrons. The first-order chi connectivity index (χ1) is 14.7. The molecule has 2 atom stereocenters. The molecule has 0 unspecified atom stereocenters. The highest BCUT2D eigenvalue weighted by Gasteiger charge is 2.40. The number of pyridine rings is 1. The summed E-state index contributed by atoms with van der Waals surface area (Å²) in [7, 11) is 1.43. The Balaban J connectivity index is 1.59. The van der Waals surface area contributed by atoms with E-state index in [0.29, 0.717) is 30.5 Å². The lowest BCUT2D eigenvalue weighted by atomic mass is 9.95. The fourth-order valence-electron chi connectivity index (χ4n) is 4.72. The number of esters is 1. The molecule has 1 aliphatic carbocycles. The number of thiocarbonyl (C=S) groups is 1. The highest BCUT2D eigenvalue weighted by atomic mass is 32.1. The Morgan fingerprint density at radius 3 is 2.83 bits per heavy atom. The summed E-state index contributed by atoms with van der Waals surface area (Å²) in [5.41, 5.74) is 2.22. The molecule has 0 aromatic carbocycles. The number of carbonyl (C=O) groups excluding carboxylic acids is 1. The van der Waals surface area contributed by atoms with Crippen LogP contribution in [0.3, 0.4) is 0 Å². The smallest absolute Gasteiger partial charge is 0.305 e. The third-order valence-electron chi connectivity index (χ3n) is 6.28. The molecule has 0 amide bonds. The number of aromatic nitrogens is 2. The van der Waals surface area contributed by atoms with Crippen LogP contribution in [0.4, 0.5) is 0 Å². The van der Waals surface area contributed by atoms with Gasteiger partial charge in [0.25, 0.3) is 0 Å². The number of rotatable bonds is 7. The Kier molecular flexibility index (Phi) is 6.67. The lowest BCUT2D eigenvalue weighted by Crippen LogP contribution is -2.30. The van der Waals surface area contributed by atoms with Gasteiger partial charge in [-0.3, -0.25) is 9.78 Å². The summed E-state index contributed by atoms with van der Waals surface area (Å²) in [6.45, 7) is 0.698. The van der Waals surface area contributed by atoms with Crippen molar-refractivity contribution in [1.82, 2.24) is 19.8 Å². The zero-order chi connectivity index (χ0) is 20.9. The van der Waals surface area contributed by atoms with Gasteiger partial charge in [-0.05, 0) is 55.2 Å². The average Bonchev–Trinajstić information content (AvgIpc) is 3.40. The lowest BCUT2D eigenvalue weighted by molar-refractivity contribution is -0.140. The van der Waals surface area contributed by atoms with E-state index in [4.69, 9.17) is 17.0 Å². The summed E-state index contributed by atoms with van der Waals surface area (Å²) in [6, 6.07) is 8.84. The average molecular weight is 427 g/mol. The van der Waals surface area contributed by atoms with E-state index in [9.17, 15) is 4.79 Å². The van der Waals surface area contributed by atoms with Gasteiger partial charge in [-0.15, -0.1) is 0 Å². The van der Waals surface area contributed by atoms with Crippen LogP contribution in [-0.4, -0.2) is 39.2 Å². The van der Waals surface area contributed by atoms with Crippen LogP contribution in [-0.2, 0) is 9.53 Å². The van der Waals surface area contributed by atoms with Gasteiger partial charge in [0.05, 0.1) is 24.9 Å². The largest absolute Gasteiger partial charge is 0.469 e. The number of nitrogens with zero attached hydrogens (tertiary/aromatic N) is 3. The minimum Gasteiger partial charge on any atom is -0.469 e. The minimum atomic E-state index is -0.186. The van der Waals surface area contributed by atoms with Gasteiger partial charge in [-0.25, -0.2) is 0 Å². The number of methoxy groups -OCH3 is 1. The van der Waals surface area contributed by atoms with Crippen molar-refractivity contribution in [2.45, 2.75) is 63.1 Å². The van der Waals surface area contributed by atoms with E-state index in [0.717, 1.165) is 5.69 Å². The number of ether oxygens (including phenoxy) is 1. The maximum absolute atomic E-state index is 11.6. The quantitative estimate of drug-likeness (QED) is 0.526. The molecular formula is C23H30N4O2S. The second-order valence-corrected chi connectivity index (χ2v) is 8.57. The zero-order valence-electron chi connectivity index (χ0n) is 17.5. The molecule has 6 nitrogen and oxygen atoms in total. The number of carbonyl (C=O) groups is 1. The van der Waals surface area contributed by atoms with Gasteiger partial charge in [0.2, 0.25) is 0 Å². The van der Waals surface area contributed by atoms with Crippen molar-refractivity contribution in [2.24, 2.45) is 0 Å². The van der Waals surface area contributed by atoms with E-state index < -0.39 is 0 Å². The van der Waals surface area contributed by atoms with Crippen molar-refractivity contribution in [3.05, 3.63) is 54.1 Å². The van der Waals surface area contributed by atoms with Gasteiger partial charge < -0.3 is 19.5 Å². The molecule has 4 rings (SSSR count). The van der Waals surface area contributed by atoms with Crippen LogP contribution in [0.15, 0.2) is 42.9 Å². The minimum absolute atomic E-state index is 0.0148. The fraction of sp³-hybridized carbons (Fsp3) is 0.522. The summed E-state index contributed by atoms with van der Waals surface area (Å²) in [5.74, 6) is -0.186. The number of hydrogen-bond acceptors (Lipinski definition) is 4. The monoisotopic (exact) mass is 426 g/mol. The van der Waals surface area contributed by atoms with Gasteiger partial charge in [0, 0.05) is 37.6 Å². The van der Waals surface area contributed by atoms with Crippen LogP contribution in [0, 0.1) is 0 Å². The Labute approximate surface area is 183 Å². The number of hydrogen-bond donors (Lipinski definition) is 1. The Hall–Kier alpha value is -2.41. The fourth-order valence-corrected chi connectivity index (χ4v) is 5.05. The van der Waals surface area contributed by atoms with Gasteiger partial charge in [-0.2, -0.15) is 0 Å². The molecule has 2 aromatic heterocycles. The van der Waals surface area contributed by atoms with Gasteiger partial charge in [0.1, 0.15) is 0 Å². The van der Waals surface area contributed by atoms with Crippen LogP contribution in [0.2, 0.25) is 0 Å². The Morgan fingerprint density at radius 1 is 1.27 bits per heavy atom. The van der Waals surface area contributed by atoms with Crippen molar-refractivity contribution in [1.29, 1.82) is 0 Å². The van der Waals surface area contributed by atoms with Crippen molar-refractivity contribution in [3.8, 4) is 0 Å². The predicted molar refractivity (Wildman–Crippen MR) is 120 cm³/mol. The molecule has 0 spiro atoms. The third kappa shape index (κ3) is 4.51. The first-order valence-corrected chi connectivity index (χ1v) is 11.3. The molecule has 2 aliphatic rings. The van der Waals surface area contributed by atoms with Crippen LogP contribution >= 0.6 is 12.2 Å². The molecule has 2 aromatic rings. The first kappa shape index (κ1) is 20.8. The summed E-state index contributed by atoms with van der Waals surface area (Å²) < 4.78 is 7.18. The summed E-state index contributed by atoms with van der Waals surface area (Å²) >= 11 is 5.70. The molecule has 1 saturated carbocycles. The molecule has 2 fully saturated rings. The van der Waals surface area contributed by atoms with E-state index in [2.05, 4.69) is 38.2 Å². The molecule has 0 radical (unpaired) electrons. The van der Waals surface area contributed by atoms with Crippen LogP contribution < -0.4 is 5.32 Å². The molecule has 30 heavy (non-hydrogen) atoms. The zero-order valence-corrected chi connectivity index (χ0v) is 18.3. The second-order valence-electron chi connectivity index (χ2n) is 8.18. The third-order valence-corrected chi connectivity index (χ3v) is 6.63. The Bertz CT molecular complexity index is 863. The van der Waals surface area contributed by atoms with Crippen molar-refractivity contribution >= 4 is 23.3 Å². The molecule has 1 saturated heterocycles. The topological polar surface area (TPSA) is 59.4 Å². The summed E-state index contributed by atoms with van der Waals surface area (Å²) in [4.78, 5) is 18.4. The van der Waals surface area contributed by atoms with Crippen LogP contribution in [0.1, 0.15) is 74.3 Å². The van der Waals surface area contributed by atoms with Crippen LogP contribution in [0.5, 0.6) is 0 Å². The van der Waals surface area contributed by atoms with Crippen molar-refractivity contribution < 1.29 is 9.53 Å². The van der Waals surface area contributed by atoms with E-state index in [1.165, 1.54) is 44.8 Å².